The number of carbonyl (C=O) groups is 1. The molecule has 2 rings (SSSR count). The van der Waals surface area contributed by atoms with Gasteiger partial charge in [0, 0.05) is 12.1 Å². The summed E-state index contributed by atoms with van der Waals surface area (Å²) in [6, 6.07) is 14.7. The molecule has 5 heteroatoms. The molecule has 0 saturated heterocycles. The van der Waals surface area contributed by atoms with Gasteiger partial charge in [-0.15, -0.1) is 12.4 Å². The molecule has 0 saturated carbocycles. The lowest BCUT2D eigenvalue weighted by atomic mass is 9.81. The fourth-order valence-corrected chi connectivity index (χ4v) is 3.34. The van der Waals surface area contributed by atoms with Gasteiger partial charge in [-0.2, -0.15) is 0 Å². The molecule has 148 valence electrons. The summed E-state index contributed by atoms with van der Waals surface area (Å²) >= 11 is 0. The van der Waals surface area contributed by atoms with Crippen molar-refractivity contribution in [1.82, 2.24) is 4.90 Å². The fourth-order valence-electron chi connectivity index (χ4n) is 3.34. The molecule has 0 bridgehead atoms. The summed E-state index contributed by atoms with van der Waals surface area (Å²) in [6.45, 7) is 10.6. The van der Waals surface area contributed by atoms with Crippen molar-refractivity contribution in [2.24, 2.45) is 0 Å². The van der Waals surface area contributed by atoms with E-state index in [2.05, 4.69) is 18.7 Å². The normalized spacial score (nSPS) is 13.0. The standard InChI is InChI=1S/C22H29NO3.ClH/c1-5-23(6-2)15-16-26-21(24)22(25,19-13-8-7-9-14-19)20-17(3)11-10-12-18(20)4;/h7-14,25H,5-6,15-16H2,1-4H3;1H. The van der Waals surface area contributed by atoms with Gasteiger partial charge in [0.25, 0.3) is 0 Å². The number of nitrogens with zero attached hydrogens (tertiary/aromatic N) is 1. The summed E-state index contributed by atoms with van der Waals surface area (Å²) in [5.41, 5.74) is 1.01. The Kier molecular flexibility index (Phi) is 8.97. The Bertz CT molecular complexity index is 711. The Morgan fingerprint density at radius 1 is 1.00 bits per heavy atom. The van der Waals surface area contributed by atoms with Crippen LogP contribution in [0.5, 0.6) is 0 Å². The van der Waals surface area contributed by atoms with Crippen LogP contribution in [-0.4, -0.2) is 42.2 Å². The Balaban J connectivity index is 0.00000364. The number of hydrogen-bond acceptors (Lipinski definition) is 4. The summed E-state index contributed by atoms with van der Waals surface area (Å²) in [7, 11) is 0. The van der Waals surface area contributed by atoms with Gasteiger partial charge in [-0.3, -0.25) is 0 Å². The van der Waals surface area contributed by atoms with Gasteiger partial charge in [-0.05, 0) is 43.6 Å². The van der Waals surface area contributed by atoms with Crippen LogP contribution >= 0.6 is 12.4 Å². The van der Waals surface area contributed by atoms with E-state index in [0.29, 0.717) is 17.7 Å². The first-order valence-electron chi connectivity index (χ1n) is 9.19. The zero-order valence-corrected chi connectivity index (χ0v) is 17.4. The highest BCUT2D eigenvalue weighted by Gasteiger charge is 2.43. The first-order valence-corrected chi connectivity index (χ1v) is 9.19. The van der Waals surface area contributed by atoms with Crippen LogP contribution in [0.2, 0.25) is 0 Å². The van der Waals surface area contributed by atoms with E-state index >= 15 is 0 Å². The number of carbonyl (C=O) groups excluding carboxylic acids is 1. The van der Waals surface area contributed by atoms with E-state index in [1.54, 1.807) is 12.1 Å². The van der Waals surface area contributed by atoms with E-state index < -0.39 is 11.6 Å². The highest BCUT2D eigenvalue weighted by atomic mass is 35.5. The minimum atomic E-state index is -1.82. The van der Waals surface area contributed by atoms with Crippen LogP contribution in [0.3, 0.4) is 0 Å². The molecule has 1 atom stereocenters. The van der Waals surface area contributed by atoms with E-state index in [0.717, 1.165) is 24.2 Å². The molecule has 2 aromatic rings. The molecule has 1 N–H and O–H groups in total. The van der Waals surface area contributed by atoms with Crippen LogP contribution in [0.1, 0.15) is 36.1 Å². The number of rotatable bonds is 8. The lowest BCUT2D eigenvalue weighted by Crippen LogP contribution is -2.41. The summed E-state index contributed by atoms with van der Waals surface area (Å²) < 4.78 is 5.53. The fraction of sp³-hybridized carbons (Fsp3) is 0.409. The van der Waals surface area contributed by atoms with Crippen molar-refractivity contribution in [3.63, 3.8) is 0 Å². The Morgan fingerprint density at radius 3 is 2.07 bits per heavy atom. The first-order chi connectivity index (χ1) is 12.4. The second-order valence-electron chi connectivity index (χ2n) is 6.51. The van der Waals surface area contributed by atoms with E-state index in [1.807, 2.05) is 50.2 Å². The van der Waals surface area contributed by atoms with Crippen molar-refractivity contribution in [2.75, 3.05) is 26.2 Å². The molecule has 0 radical (unpaired) electrons. The molecule has 0 aliphatic rings. The third-order valence-corrected chi connectivity index (χ3v) is 4.87. The average Bonchev–Trinajstić information content (AvgIpc) is 2.65. The second-order valence-corrected chi connectivity index (χ2v) is 6.51. The maximum Gasteiger partial charge on any atom is 0.347 e. The molecule has 0 aliphatic carbocycles. The molecule has 4 nitrogen and oxygen atoms in total. The molecule has 0 spiro atoms. The Hall–Kier alpha value is -1.88. The van der Waals surface area contributed by atoms with Gasteiger partial charge in [-0.1, -0.05) is 62.4 Å². The minimum Gasteiger partial charge on any atom is -0.462 e. The first kappa shape index (κ1) is 23.2. The van der Waals surface area contributed by atoms with E-state index in [4.69, 9.17) is 4.74 Å². The molecule has 27 heavy (non-hydrogen) atoms. The largest absolute Gasteiger partial charge is 0.462 e. The summed E-state index contributed by atoms with van der Waals surface area (Å²) in [5, 5.41) is 11.6. The number of aliphatic hydroxyl groups is 1. The van der Waals surface area contributed by atoms with Crippen LogP contribution in [-0.2, 0) is 15.1 Å². The van der Waals surface area contributed by atoms with Crippen molar-refractivity contribution in [1.29, 1.82) is 0 Å². The van der Waals surface area contributed by atoms with Crippen LogP contribution in [0.15, 0.2) is 48.5 Å². The zero-order chi connectivity index (χ0) is 19.2. The summed E-state index contributed by atoms with van der Waals surface area (Å²) in [4.78, 5) is 15.2. The predicted molar refractivity (Wildman–Crippen MR) is 111 cm³/mol. The van der Waals surface area contributed by atoms with Gasteiger partial charge in [0.1, 0.15) is 6.61 Å². The molecule has 2 aromatic carbocycles. The third-order valence-electron chi connectivity index (χ3n) is 4.87. The highest BCUT2D eigenvalue weighted by Crippen LogP contribution is 2.35. The van der Waals surface area contributed by atoms with Gasteiger partial charge in [0.05, 0.1) is 0 Å². The van der Waals surface area contributed by atoms with Crippen LogP contribution in [0.25, 0.3) is 0 Å². The number of halogens is 1. The zero-order valence-electron chi connectivity index (χ0n) is 16.6. The number of aryl methyl sites for hydroxylation is 2. The number of ether oxygens (including phenoxy) is 1. The van der Waals surface area contributed by atoms with Gasteiger partial charge >= 0.3 is 5.97 Å². The topological polar surface area (TPSA) is 49.8 Å². The number of benzene rings is 2. The molecule has 0 amide bonds. The van der Waals surface area contributed by atoms with Crippen LogP contribution < -0.4 is 0 Å². The van der Waals surface area contributed by atoms with Crippen molar-refractivity contribution in [3.05, 3.63) is 70.8 Å². The van der Waals surface area contributed by atoms with Gasteiger partial charge in [0.15, 0.2) is 0 Å². The monoisotopic (exact) mass is 391 g/mol. The molecule has 0 aromatic heterocycles. The minimum absolute atomic E-state index is 0. The number of hydrogen-bond donors (Lipinski definition) is 1. The Labute approximate surface area is 168 Å². The highest BCUT2D eigenvalue weighted by molar-refractivity contribution is 5.86. The van der Waals surface area contributed by atoms with E-state index in [-0.39, 0.29) is 19.0 Å². The molecule has 0 fully saturated rings. The lowest BCUT2D eigenvalue weighted by molar-refractivity contribution is -0.162. The van der Waals surface area contributed by atoms with Gasteiger partial charge < -0.3 is 14.7 Å². The quantitative estimate of drug-likeness (QED) is 0.694. The molecular formula is C22H30ClNO3. The van der Waals surface area contributed by atoms with Crippen molar-refractivity contribution < 1.29 is 14.6 Å². The maximum atomic E-state index is 13.0. The lowest BCUT2D eigenvalue weighted by Gasteiger charge is -2.30. The van der Waals surface area contributed by atoms with E-state index in [9.17, 15) is 9.90 Å². The molecule has 0 heterocycles. The van der Waals surface area contributed by atoms with E-state index in [1.165, 1.54) is 0 Å². The van der Waals surface area contributed by atoms with Crippen LogP contribution in [0.4, 0.5) is 0 Å². The SMILES string of the molecule is CCN(CC)CCOC(=O)C(O)(c1ccccc1)c1c(C)cccc1C.Cl. The molecule has 0 aliphatic heterocycles. The predicted octanol–water partition coefficient (Wildman–Crippen LogP) is 3.85. The summed E-state index contributed by atoms with van der Waals surface area (Å²) in [6.07, 6.45) is 0. The summed E-state index contributed by atoms with van der Waals surface area (Å²) in [5.74, 6) is -0.631. The second kappa shape index (κ2) is 10.5. The molecule has 1 unspecified atom stereocenters. The molecular weight excluding hydrogens is 362 g/mol. The van der Waals surface area contributed by atoms with Crippen molar-refractivity contribution in [2.45, 2.75) is 33.3 Å². The van der Waals surface area contributed by atoms with Crippen LogP contribution in [0, 0.1) is 13.8 Å². The van der Waals surface area contributed by atoms with Crippen molar-refractivity contribution >= 4 is 18.4 Å². The number of likely N-dealkylation sites (N-methyl/N-ethyl adjacent to an activating group) is 1. The number of esters is 1. The maximum absolute atomic E-state index is 13.0. The van der Waals surface area contributed by atoms with Crippen molar-refractivity contribution in [3.8, 4) is 0 Å². The smallest absolute Gasteiger partial charge is 0.347 e. The third kappa shape index (κ3) is 5.10. The average molecular weight is 392 g/mol. The Morgan fingerprint density at radius 2 is 1.56 bits per heavy atom. The van der Waals surface area contributed by atoms with Gasteiger partial charge in [0.2, 0.25) is 5.60 Å². The van der Waals surface area contributed by atoms with Gasteiger partial charge in [-0.25, -0.2) is 4.79 Å².